The molecule has 0 unspecified atom stereocenters. The molecule has 1 amide bonds. The Morgan fingerprint density at radius 2 is 2.05 bits per heavy atom. The molecule has 122 valence electrons. The minimum absolute atomic E-state index is 0. The van der Waals surface area contributed by atoms with Crippen molar-refractivity contribution in [3.05, 3.63) is 39.9 Å². The lowest BCUT2D eigenvalue weighted by Gasteiger charge is -2.12. The summed E-state index contributed by atoms with van der Waals surface area (Å²) in [4.78, 5) is 22.0. The highest BCUT2D eigenvalue weighted by molar-refractivity contribution is 5.85. The van der Waals surface area contributed by atoms with Crippen molar-refractivity contribution in [2.45, 2.75) is 31.5 Å². The van der Waals surface area contributed by atoms with E-state index in [1.807, 2.05) is 0 Å². The first-order valence-electron chi connectivity index (χ1n) is 6.96. The molecule has 1 fully saturated rings. The predicted molar refractivity (Wildman–Crippen MR) is 84.0 cm³/mol. The average molecular weight is 330 g/mol. The van der Waals surface area contributed by atoms with Gasteiger partial charge in [-0.25, -0.2) is 0 Å². The second-order valence-electron chi connectivity index (χ2n) is 5.02. The lowest BCUT2D eigenvalue weighted by atomic mass is 10.1. The number of rotatable bonds is 6. The molecular formula is C14H20ClN3O4. The molecule has 1 heterocycles. The van der Waals surface area contributed by atoms with E-state index in [-0.39, 0.29) is 30.1 Å². The second-order valence-corrected chi connectivity index (χ2v) is 5.02. The van der Waals surface area contributed by atoms with Gasteiger partial charge in [-0.3, -0.25) is 14.9 Å². The summed E-state index contributed by atoms with van der Waals surface area (Å²) in [5.41, 5.74) is 6.50. The molecule has 7 nitrogen and oxygen atoms in total. The Balaban J connectivity index is 0.00000242. The molecule has 0 bridgehead atoms. The van der Waals surface area contributed by atoms with Gasteiger partial charge >= 0.3 is 0 Å². The van der Waals surface area contributed by atoms with Crippen LogP contribution >= 0.6 is 12.4 Å². The molecule has 22 heavy (non-hydrogen) atoms. The highest BCUT2D eigenvalue weighted by Gasteiger charge is 2.29. The Labute approximate surface area is 134 Å². The molecule has 8 heteroatoms. The topological polar surface area (TPSA) is 107 Å². The van der Waals surface area contributed by atoms with Gasteiger partial charge in [0, 0.05) is 25.2 Å². The maximum atomic E-state index is 11.9. The monoisotopic (exact) mass is 329 g/mol. The molecule has 1 aromatic carbocycles. The van der Waals surface area contributed by atoms with Crippen molar-refractivity contribution in [2.75, 3.05) is 13.1 Å². The summed E-state index contributed by atoms with van der Waals surface area (Å²) in [6.07, 6.45) is 1.71. The van der Waals surface area contributed by atoms with E-state index in [0.29, 0.717) is 25.9 Å². The number of nitrogens with one attached hydrogen (secondary N) is 1. The smallest absolute Gasteiger partial charge is 0.269 e. The molecule has 2 rings (SSSR count). The van der Waals surface area contributed by atoms with Crippen LogP contribution in [0.25, 0.3) is 0 Å². The van der Waals surface area contributed by atoms with E-state index in [1.165, 1.54) is 12.1 Å². The standard InChI is InChI=1S/C14H19N3O4.ClH/c15-9-12-5-6-13(21-12)14(18)16-8-7-10-1-3-11(4-2-10)17(19)20;/h1-4,12-13H,5-9,15H2,(H,16,18);1H/t12-,13+;/m1./s1. The summed E-state index contributed by atoms with van der Waals surface area (Å²) >= 11 is 0. The van der Waals surface area contributed by atoms with Crippen LogP contribution in [0.1, 0.15) is 18.4 Å². The molecule has 0 aromatic heterocycles. The number of non-ortho nitro benzene ring substituents is 1. The Morgan fingerprint density at radius 3 is 2.59 bits per heavy atom. The van der Waals surface area contributed by atoms with Crippen molar-refractivity contribution in [1.82, 2.24) is 5.32 Å². The number of ether oxygens (including phenoxy) is 1. The first-order chi connectivity index (χ1) is 10.1. The zero-order valence-corrected chi connectivity index (χ0v) is 12.9. The molecule has 1 aromatic rings. The molecule has 1 aliphatic heterocycles. The zero-order valence-electron chi connectivity index (χ0n) is 12.1. The Hall–Kier alpha value is -1.70. The predicted octanol–water partition coefficient (Wildman–Crippen LogP) is 1.18. The molecular weight excluding hydrogens is 310 g/mol. The number of amides is 1. The van der Waals surface area contributed by atoms with Gasteiger partial charge in [-0.2, -0.15) is 0 Å². The van der Waals surface area contributed by atoms with Gasteiger partial charge in [-0.15, -0.1) is 12.4 Å². The van der Waals surface area contributed by atoms with Crippen LogP contribution in [0, 0.1) is 10.1 Å². The van der Waals surface area contributed by atoms with Gasteiger partial charge in [0.25, 0.3) is 5.69 Å². The fraction of sp³-hybridized carbons (Fsp3) is 0.500. The quantitative estimate of drug-likeness (QED) is 0.602. The summed E-state index contributed by atoms with van der Waals surface area (Å²) in [6, 6.07) is 6.31. The van der Waals surface area contributed by atoms with E-state index in [2.05, 4.69) is 5.32 Å². The van der Waals surface area contributed by atoms with Crippen molar-refractivity contribution in [3.63, 3.8) is 0 Å². The Bertz CT molecular complexity index is 509. The van der Waals surface area contributed by atoms with Crippen LogP contribution in [0.3, 0.4) is 0 Å². The van der Waals surface area contributed by atoms with Crippen LogP contribution in [-0.4, -0.2) is 36.1 Å². The third-order valence-electron chi connectivity index (χ3n) is 3.52. The van der Waals surface area contributed by atoms with Crippen LogP contribution in [-0.2, 0) is 16.0 Å². The largest absolute Gasteiger partial charge is 0.364 e. The fourth-order valence-electron chi connectivity index (χ4n) is 2.30. The molecule has 0 saturated carbocycles. The van der Waals surface area contributed by atoms with Crippen molar-refractivity contribution in [1.29, 1.82) is 0 Å². The first-order valence-corrected chi connectivity index (χ1v) is 6.96. The van der Waals surface area contributed by atoms with Crippen LogP contribution < -0.4 is 11.1 Å². The van der Waals surface area contributed by atoms with Gasteiger partial charge < -0.3 is 15.8 Å². The minimum Gasteiger partial charge on any atom is -0.364 e. The number of nitrogens with zero attached hydrogens (tertiary/aromatic N) is 1. The minimum atomic E-state index is -0.434. The summed E-state index contributed by atoms with van der Waals surface area (Å²) < 4.78 is 5.51. The molecule has 0 aliphatic carbocycles. The summed E-state index contributed by atoms with van der Waals surface area (Å²) in [5, 5.41) is 13.4. The summed E-state index contributed by atoms with van der Waals surface area (Å²) in [5.74, 6) is -0.118. The number of carbonyl (C=O) groups excluding carboxylic acids is 1. The number of hydrogen-bond donors (Lipinski definition) is 2. The maximum absolute atomic E-state index is 11.9. The van der Waals surface area contributed by atoms with Crippen LogP contribution in [0.4, 0.5) is 5.69 Å². The van der Waals surface area contributed by atoms with E-state index < -0.39 is 11.0 Å². The van der Waals surface area contributed by atoms with E-state index >= 15 is 0 Å². The lowest BCUT2D eigenvalue weighted by Crippen LogP contribution is -2.36. The molecule has 0 spiro atoms. The van der Waals surface area contributed by atoms with Crippen molar-refractivity contribution in [3.8, 4) is 0 Å². The van der Waals surface area contributed by atoms with Crippen LogP contribution in [0.5, 0.6) is 0 Å². The van der Waals surface area contributed by atoms with Gasteiger partial charge in [-0.1, -0.05) is 12.1 Å². The Morgan fingerprint density at radius 1 is 1.36 bits per heavy atom. The normalized spacial score (nSPS) is 20.2. The number of nitrogens with two attached hydrogens (primary N) is 1. The molecule has 2 atom stereocenters. The van der Waals surface area contributed by atoms with Crippen LogP contribution in [0.15, 0.2) is 24.3 Å². The fourth-order valence-corrected chi connectivity index (χ4v) is 2.30. The summed E-state index contributed by atoms with van der Waals surface area (Å²) in [6.45, 7) is 0.913. The van der Waals surface area contributed by atoms with Gasteiger partial charge in [0.05, 0.1) is 11.0 Å². The Kier molecular flexibility index (Phi) is 7.23. The molecule has 1 aliphatic rings. The zero-order chi connectivity index (χ0) is 15.2. The average Bonchev–Trinajstić information content (AvgIpc) is 2.96. The molecule has 1 saturated heterocycles. The van der Waals surface area contributed by atoms with Crippen molar-refractivity contribution >= 4 is 24.0 Å². The third-order valence-corrected chi connectivity index (χ3v) is 3.52. The number of nitro groups is 1. The number of nitro benzene ring substituents is 1. The summed E-state index contributed by atoms with van der Waals surface area (Å²) in [7, 11) is 0. The lowest BCUT2D eigenvalue weighted by molar-refractivity contribution is -0.384. The number of carbonyl (C=O) groups is 1. The maximum Gasteiger partial charge on any atom is 0.269 e. The van der Waals surface area contributed by atoms with Gasteiger partial charge in [0.1, 0.15) is 6.10 Å². The number of halogens is 1. The highest BCUT2D eigenvalue weighted by Crippen LogP contribution is 2.18. The van der Waals surface area contributed by atoms with Gasteiger partial charge in [0.2, 0.25) is 5.91 Å². The SMILES string of the molecule is Cl.NC[C@H]1CC[C@@H](C(=O)NCCc2ccc([N+](=O)[O-])cc2)O1. The van der Waals surface area contributed by atoms with E-state index in [1.54, 1.807) is 12.1 Å². The van der Waals surface area contributed by atoms with E-state index in [9.17, 15) is 14.9 Å². The highest BCUT2D eigenvalue weighted by atomic mass is 35.5. The number of hydrogen-bond acceptors (Lipinski definition) is 5. The van der Waals surface area contributed by atoms with E-state index in [4.69, 9.17) is 10.5 Å². The second kappa shape index (κ2) is 8.67. The third kappa shape index (κ3) is 4.94. The molecule has 3 N–H and O–H groups in total. The van der Waals surface area contributed by atoms with Crippen molar-refractivity contribution < 1.29 is 14.5 Å². The van der Waals surface area contributed by atoms with E-state index in [0.717, 1.165) is 12.0 Å². The van der Waals surface area contributed by atoms with Gasteiger partial charge in [0.15, 0.2) is 0 Å². The van der Waals surface area contributed by atoms with Crippen LogP contribution in [0.2, 0.25) is 0 Å². The first kappa shape index (κ1) is 18.3. The van der Waals surface area contributed by atoms with Gasteiger partial charge in [-0.05, 0) is 24.8 Å². The van der Waals surface area contributed by atoms with Crippen molar-refractivity contribution in [2.24, 2.45) is 5.73 Å². The number of benzene rings is 1. The molecule has 0 radical (unpaired) electrons.